The molecule has 2 aromatic carbocycles. The average molecular weight is 321 g/mol. The highest BCUT2D eigenvalue weighted by Gasteiger charge is 2.23. The lowest BCUT2D eigenvalue weighted by Gasteiger charge is -2.20. The Labute approximate surface area is 142 Å². The predicted molar refractivity (Wildman–Crippen MR) is 97.3 cm³/mol. The molecule has 2 N–H and O–H groups in total. The van der Waals surface area contributed by atoms with Crippen LogP contribution in [0.1, 0.15) is 24.0 Å². The summed E-state index contributed by atoms with van der Waals surface area (Å²) in [6.45, 7) is 2.88. The SMILES string of the molecule is O=C(Nc1ccc2c(c1)N(Cc1ccccc1)CC2)[C@@H]1CCCN1. The van der Waals surface area contributed by atoms with Gasteiger partial charge in [-0.2, -0.15) is 0 Å². The summed E-state index contributed by atoms with van der Waals surface area (Å²) in [6.07, 6.45) is 3.07. The lowest BCUT2D eigenvalue weighted by Crippen LogP contribution is -2.35. The Bertz CT molecular complexity index is 723. The average Bonchev–Trinajstić information content (AvgIpc) is 3.26. The third-order valence-corrected chi connectivity index (χ3v) is 4.94. The first kappa shape index (κ1) is 15.2. The fraction of sp³-hybridized carbons (Fsp3) is 0.350. The quantitative estimate of drug-likeness (QED) is 0.910. The van der Waals surface area contributed by atoms with Crippen LogP contribution in [0.3, 0.4) is 0 Å². The highest BCUT2D eigenvalue weighted by molar-refractivity contribution is 5.95. The molecular weight excluding hydrogens is 298 g/mol. The van der Waals surface area contributed by atoms with Gasteiger partial charge in [-0.25, -0.2) is 0 Å². The molecule has 1 atom stereocenters. The molecule has 2 heterocycles. The largest absolute Gasteiger partial charge is 0.367 e. The zero-order valence-electron chi connectivity index (χ0n) is 13.8. The smallest absolute Gasteiger partial charge is 0.241 e. The van der Waals surface area contributed by atoms with Crippen molar-refractivity contribution in [2.45, 2.75) is 31.8 Å². The normalized spacial score (nSPS) is 19.3. The van der Waals surface area contributed by atoms with Crippen molar-refractivity contribution in [3.05, 3.63) is 59.7 Å². The monoisotopic (exact) mass is 321 g/mol. The Morgan fingerprint density at radius 1 is 1.21 bits per heavy atom. The second-order valence-electron chi connectivity index (χ2n) is 6.64. The number of fused-ring (bicyclic) bond motifs is 1. The number of hydrogen-bond acceptors (Lipinski definition) is 3. The van der Waals surface area contributed by atoms with Crippen molar-refractivity contribution in [3.63, 3.8) is 0 Å². The van der Waals surface area contributed by atoms with Crippen molar-refractivity contribution in [2.24, 2.45) is 0 Å². The van der Waals surface area contributed by atoms with Crippen LogP contribution < -0.4 is 15.5 Å². The zero-order chi connectivity index (χ0) is 16.4. The first-order valence-corrected chi connectivity index (χ1v) is 8.76. The third-order valence-electron chi connectivity index (χ3n) is 4.94. The number of carbonyl (C=O) groups excluding carboxylic acids is 1. The maximum absolute atomic E-state index is 12.3. The van der Waals surface area contributed by atoms with E-state index < -0.39 is 0 Å². The number of nitrogens with zero attached hydrogens (tertiary/aromatic N) is 1. The van der Waals surface area contributed by atoms with Gasteiger partial charge in [0.05, 0.1) is 6.04 Å². The van der Waals surface area contributed by atoms with Gasteiger partial charge >= 0.3 is 0 Å². The topological polar surface area (TPSA) is 44.4 Å². The van der Waals surface area contributed by atoms with E-state index in [1.54, 1.807) is 0 Å². The second kappa shape index (κ2) is 6.65. The van der Waals surface area contributed by atoms with Crippen molar-refractivity contribution < 1.29 is 4.79 Å². The van der Waals surface area contributed by atoms with E-state index in [2.05, 4.69) is 51.9 Å². The van der Waals surface area contributed by atoms with Gasteiger partial charge in [0.25, 0.3) is 0 Å². The molecule has 0 aromatic heterocycles. The molecule has 0 radical (unpaired) electrons. The van der Waals surface area contributed by atoms with E-state index in [4.69, 9.17) is 0 Å². The first-order chi connectivity index (χ1) is 11.8. The molecule has 0 unspecified atom stereocenters. The Balaban J connectivity index is 1.49. The van der Waals surface area contributed by atoms with Crippen LogP contribution in [0.4, 0.5) is 11.4 Å². The summed E-state index contributed by atoms with van der Waals surface area (Å²) in [7, 11) is 0. The summed E-state index contributed by atoms with van der Waals surface area (Å²) in [5.74, 6) is 0.0834. The Morgan fingerprint density at radius 3 is 2.88 bits per heavy atom. The van der Waals surface area contributed by atoms with Gasteiger partial charge in [-0.3, -0.25) is 4.79 Å². The highest BCUT2D eigenvalue weighted by atomic mass is 16.2. The van der Waals surface area contributed by atoms with E-state index in [1.807, 2.05) is 12.1 Å². The first-order valence-electron chi connectivity index (χ1n) is 8.76. The Hall–Kier alpha value is -2.33. The summed E-state index contributed by atoms with van der Waals surface area (Å²) in [5, 5.41) is 6.32. The summed E-state index contributed by atoms with van der Waals surface area (Å²) >= 11 is 0. The van der Waals surface area contributed by atoms with Gasteiger partial charge in [-0.15, -0.1) is 0 Å². The van der Waals surface area contributed by atoms with Crippen molar-refractivity contribution in [2.75, 3.05) is 23.3 Å². The number of rotatable bonds is 4. The molecule has 1 saturated heterocycles. The summed E-state index contributed by atoms with van der Waals surface area (Å²) in [5.41, 5.74) is 4.82. The van der Waals surface area contributed by atoms with Gasteiger partial charge in [-0.1, -0.05) is 36.4 Å². The van der Waals surface area contributed by atoms with E-state index in [9.17, 15) is 4.79 Å². The van der Waals surface area contributed by atoms with Crippen molar-refractivity contribution >= 4 is 17.3 Å². The number of nitrogens with one attached hydrogen (secondary N) is 2. The molecule has 0 spiro atoms. The maximum Gasteiger partial charge on any atom is 0.241 e. The van der Waals surface area contributed by atoms with Gasteiger partial charge in [0.2, 0.25) is 5.91 Å². The molecule has 1 amide bonds. The van der Waals surface area contributed by atoms with Crippen molar-refractivity contribution in [3.8, 4) is 0 Å². The van der Waals surface area contributed by atoms with E-state index in [-0.39, 0.29) is 11.9 Å². The Kier molecular flexibility index (Phi) is 4.22. The van der Waals surface area contributed by atoms with E-state index in [1.165, 1.54) is 16.8 Å². The zero-order valence-corrected chi connectivity index (χ0v) is 13.8. The minimum absolute atomic E-state index is 0.0429. The molecule has 2 aliphatic heterocycles. The predicted octanol–water partition coefficient (Wildman–Crippen LogP) is 2.94. The fourth-order valence-corrected chi connectivity index (χ4v) is 3.63. The molecule has 1 fully saturated rings. The fourth-order valence-electron chi connectivity index (χ4n) is 3.63. The molecule has 24 heavy (non-hydrogen) atoms. The van der Waals surface area contributed by atoms with Crippen LogP contribution in [-0.4, -0.2) is 25.0 Å². The lowest BCUT2D eigenvalue weighted by atomic mass is 10.1. The minimum Gasteiger partial charge on any atom is -0.367 e. The van der Waals surface area contributed by atoms with Crippen LogP contribution in [0, 0.1) is 0 Å². The standard InChI is InChI=1S/C20H23N3O/c24-20(18-7-4-11-21-18)22-17-9-8-16-10-12-23(19(16)13-17)14-15-5-2-1-3-6-15/h1-3,5-6,8-9,13,18,21H,4,7,10-12,14H2,(H,22,24)/t18-/m0/s1. The molecule has 4 nitrogen and oxygen atoms in total. The van der Waals surface area contributed by atoms with Gasteiger partial charge in [0, 0.05) is 24.5 Å². The minimum atomic E-state index is -0.0429. The van der Waals surface area contributed by atoms with Gasteiger partial charge in [0.15, 0.2) is 0 Å². The summed E-state index contributed by atoms with van der Waals surface area (Å²) in [6, 6.07) is 16.8. The summed E-state index contributed by atoms with van der Waals surface area (Å²) in [4.78, 5) is 14.7. The number of hydrogen-bond donors (Lipinski definition) is 2. The number of benzene rings is 2. The van der Waals surface area contributed by atoms with E-state index in [0.29, 0.717) is 0 Å². The van der Waals surface area contributed by atoms with Gasteiger partial charge in [0.1, 0.15) is 0 Å². The van der Waals surface area contributed by atoms with Crippen molar-refractivity contribution in [1.29, 1.82) is 0 Å². The van der Waals surface area contributed by atoms with Crippen LogP contribution in [0.25, 0.3) is 0 Å². The van der Waals surface area contributed by atoms with Gasteiger partial charge in [-0.05, 0) is 49.1 Å². The molecule has 0 saturated carbocycles. The molecular formula is C20H23N3O. The molecule has 124 valence electrons. The molecule has 4 heteroatoms. The maximum atomic E-state index is 12.3. The van der Waals surface area contributed by atoms with Gasteiger partial charge < -0.3 is 15.5 Å². The lowest BCUT2D eigenvalue weighted by molar-refractivity contribution is -0.117. The third kappa shape index (κ3) is 3.15. The van der Waals surface area contributed by atoms with Crippen LogP contribution in [0.2, 0.25) is 0 Å². The number of carbonyl (C=O) groups is 1. The number of amides is 1. The summed E-state index contributed by atoms with van der Waals surface area (Å²) < 4.78 is 0. The van der Waals surface area contributed by atoms with Crippen LogP contribution in [-0.2, 0) is 17.8 Å². The van der Waals surface area contributed by atoms with Crippen LogP contribution in [0.15, 0.2) is 48.5 Å². The second-order valence-corrected chi connectivity index (χ2v) is 6.64. The van der Waals surface area contributed by atoms with Crippen molar-refractivity contribution in [1.82, 2.24) is 5.32 Å². The molecule has 0 bridgehead atoms. The molecule has 4 rings (SSSR count). The molecule has 2 aliphatic rings. The Morgan fingerprint density at radius 2 is 2.08 bits per heavy atom. The highest BCUT2D eigenvalue weighted by Crippen LogP contribution is 2.32. The molecule has 0 aliphatic carbocycles. The van der Waals surface area contributed by atoms with E-state index in [0.717, 1.165) is 44.6 Å². The van der Waals surface area contributed by atoms with Crippen LogP contribution >= 0.6 is 0 Å². The van der Waals surface area contributed by atoms with Crippen LogP contribution in [0.5, 0.6) is 0 Å². The molecule has 2 aromatic rings. The van der Waals surface area contributed by atoms with E-state index >= 15 is 0 Å². The number of anilines is 2.